The largest absolute Gasteiger partial charge is 0.478 e. The molecule has 1 aliphatic rings. The third-order valence-corrected chi connectivity index (χ3v) is 5.19. The summed E-state index contributed by atoms with van der Waals surface area (Å²) < 4.78 is 2.31. The molecule has 0 bridgehead atoms. The number of rotatable bonds is 5. The lowest BCUT2D eigenvalue weighted by Crippen LogP contribution is -2.14. The molecule has 0 saturated heterocycles. The number of hydrogen-bond acceptors (Lipinski definition) is 1. The van der Waals surface area contributed by atoms with E-state index in [2.05, 4.69) is 42.7 Å². The highest BCUT2D eigenvalue weighted by molar-refractivity contribution is 5.89. The van der Waals surface area contributed by atoms with E-state index in [4.69, 9.17) is 5.11 Å². The van der Waals surface area contributed by atoms with Gasteiger partial charge >= 0.3 is 5.97 Å². The van der Waals surface area contributed by atoms with Crippen LogP contribution in [0.2, 0.25) is 0 Å². The van der Waals surface area contributed by atoms with E-state index >= 15 is 0 Å². The molecule has 0 unspecified atom stereocenters. The Kier molecular flexibility index (Phi) is 5.08. The Balaban J connectivity index is 2.01. The molecule has 1 heterocycles. The molecule has 1 aliphatic carbocycles. The lowest BCUT2D eigenvalue weighted by molar-refractivity contribution is -0.131. The van der Waals surface area contributed by atoms with E-state index in [9.17, 15) is 4.79 Å². The van der Waals surface area contributed by atoms with Crippen molar-refractivity contribution in [3.8, 4) is 0 Å². The first-order chi connectivity index (χ1) is 11.5. The molecule has 2 aromatic rings. The first kappa shape index (κ1) is 16.8. The topological polar surface area (TPSA) is 42.2 Å². The quantitative estimate of drug-likeness (QED) is 0.743. The minimum atomic E-state index is -0.896. The smallest absolute Gasteiger partial charge is 0.328 e. The Morgan fingerprint density at radius 2 is 2.00 bits per heavy atom. The fraction of sp³-hybridized carbons (Fsp3) is 0.476. The van der Waals surface area contributed by atoms with Crippen LogP contribution >= 0.6 is 0 Å². The summed E-state index contributed by atoms with van der Waals surface area (Å²) in [4.78, 5) is 10.9. The van der Waals surface area contributed by atoms with Crippen molar-refractivity contribution in [2.75, 3.05) is 0 Å². The van der Waals surface area contributed by atoms with Crippen molar-refractivity contribution in [1.29, 1.82) is 0 Å². The summed E-state index contributed by atoms with van der Waals surface area (Å²) in [6.45, 7) is 5.39. The van der Waals surface area contributed by atoms with Crippen LogP contribution in [0.15, 0.2) is 30.3 Å². The van der Waals surface area contributed by atoms with Crippen LogP contribution in [0.25, 0.3) is 17.0 Å². The number of aromatic nitrogens is 1. The Bertz CT molecular complexity index is 749. The molecule has 1 N–H and O–H groups in total. The van der Waals surface area contributed by atoms with E-state index < -0.39 is 5.97 Å². The van der Waals surface area contributed by atoms with E-state index in [1.807, 2.05) is 0 Å². The zero-order valence-electron chi connectivity index (χ0n) is 14.7. The molecule has 3 nitrogen and oxygen atoms in total. The maximum absolute atomic E-state index is 10.9. The molecule has 0 spiro atoms. The maximum Gasteiger partial charge on any atom is 0.328 e. The molecule has 0 atom stereocenters. The standard InChI is InChI=1S/C21H27NO2/c1-15(2)17-8-10-20-18(12-17)13-19(9-11-21(23)24)22(20)14-16-6-4-3-5-7-16/h8-13,15-16H,3-7,14H2,1-2H3,(H,23,24)/b11-9+. The summed E-state index contributed by atoms with van der Waals surface area (Å²) in [5, 5.41) is 10.2. The minimum absolute atomic E-state index is 0.495. The predicted molar refractivity (Wildman–Crippen MR) is 99.3 cm³/mol. The molecule has 0 amide bonds. The zero-order chi connectivity index (χ0) is 17.1. The molecular formula is C21H27NO2. The molecule has 24 heavy (non-hydrogen) atoms. The van der Waals surface area contributed by atoms with Crippen LogP contribution in [-0.4, -0.2) is 15.6 Å². The number of benzene rings is 1. The zero-order valence-corrected chi connectivity index (χ0v) is 14.7. The first-order valence-electron chi connectivity index (χ1n) is 9.09. The second-order valence-corrected chi connectivity index (χ2v) is 7.33. The molecule has 0 radical (unpaired) electrons. The van der Waals surface area contributed by atoms with Gasteiger partial charge in [-0.1, -0.05) is 39.2 Å². The lowest BCUT2D eigenvalue weighted by atomic mass is 9.89. The van der Waals surface area contributed by atoms with Crippen LogP contribution in [0.3, 0.4) is 0 Å². The molecule has 128 valence electrons. The molecule has 0 aliphatic heterocycles. The second kappa shape index (κ2) is 7.25. The third kappa shape index (κ3) is 3.72. The van der Waals surface area contributed by atoms with E-state index in [1.165, 1.54) is 54.6 Å². The summed E-state index contributed by atoms with van der Waals surface area (Å²) in [5.41, 5.74) is 3.54. The van der Waals surface area contributed by atoms with Gasteiger partial charge in [-0.25, -0.2) is 4.79 Å². The van der Waals surface area contributed by atoms with Crippen LogP contribution in [-0.2, 0) is 11.3 Å². The fourth-order valence-corrected chi connectivity index (χ4v) is 3.80. The number of fused-ring (bicyclic) bond motifs is 1. The number of carbonyl (C=O) groups is 1. The molecule has 3 rings (SSSR count). The van der Waals surface area contributed by atoms with Crippen molar-refractivity contribution in [1.82, 2.24) is 4.57 Å². The van der Waals surface area contributed by atoms with Gasteiger partial charge in [0.25, 0.3) is 0 Å². The van der Waals surface area contributed by atoms with Crippen molar-refractivity contribution >= 4 is 22.9 Å². The van der Waals surface area contributed by atoms with Gasteiger partial charge in [0.2, 0.25) is 0 Å². The average Bonchev–Trinajstić information content (AvgIpc) is 2.91. The lowest BCUT2D eigenvalue weighted by Gasteiger charge is -2.23. The summed E-state index contributed by atoms with van der Waals surface area (Å²) in [6, 6.07) is 8.78. The second-order valence-electron chi connectivity index (χ2n) is 7.33. The van der Waals surface area contributed by atoms with Crippen LogP contribution in [0.5, 0.6) is 0 Å². The van der Waals surface area contributed by atoms with E-state index in [-0.39, 0.29) is 0 Å². The van der Waals surface area contributed by atoms with E-state index in [0.29, 0.717) is 11.8 Å². The van der Waals surface area contributed by atoms with Gasteiger partial charge < -0.3 is 9.67 Å². The van der Waals surface area contributed by atoms with E-state index in [1.54, 1.807) is 6.08 Å². The van der Waals surface area contributed by atoms with Crippen molar-refractivity contribution in [2.45, 2.75) is 58.4 Å². The number of nitrogens with zero attached hydrogens (tertiary/aromatic N) is 1. The van der Waals surface area contributed by atoms with Crippen LogP contribution < -0.4 is 0 Å². The first-order valence-corrected chi connectivity index (χ1v) is 9.09. The van der Waals surface area contributed by atoms with Crippen molar-refractivity contribution in [3.05, 3.63) is 41.6 Å². The van der Waals surface area contributed by atoms with Crippen molar-refractivity contribution in [2.24, 2.45) is 5.92 Å². The third-order valence-electron chi connectivity index (χ3n) is 5.19. The van der Waals surface area contributed by atoms with Crippen molar-refractivity contribution < 1.29 is 9.90 Å². The molecular weight excluding hydrogens is 298 g/mol. The number of carboxylic acids is 1. The summed E-state index contributed by atoms with van der Waals surface area (Å²) in [7, 11) is 0. The van der Waals surface area contributed by atoms with Crippen LogP contribution in [0.1, 0.15) is 63.1 Å². The van der Waals surface area contributed by atoms with Gasteiger partial charge in [0.05, 0.1) is 0 Å². The van der Waals surface area contributed by atoms with E-state index in [0.717, 1.165) is 12.2 Å². The monoisotopic (exact) mass is 325 g/mol. The molecule has 1 fully saturated rings. The fourth-order valence-electron chi connectivity index (χ4n) is 3.80. The number of aliphatic carboxylic acids is 1. The van der Waals surface area contributed by atoms with Crippen molar-refractivity contribution in [3.63, 3.8) is 0 Å². The average molecular weight is 325 g/mol. The molecule has 1 aromatic heterocycles. The number of carboxylic acid groups (broad SMARTS) is 1. The van der Waals surface area contributed by atoms with Gasteiger partial charge in [0.1, 0.15) is 0 Å². The number of hydrogen-bond donors (Lipinski definition) is 1. The highest BCUT2D eigenvalue weighted by atomic mass is 16.4. The SMILES string of the molecule is CC(C)c1ccc2c(c1)cc(/C=C/C(=O)O)n2CC1CCCCC1. The van der Waals surface area contributed by atoms with Gasteiger partial charge in [0.15, 0.2) is 0 Å². The normalized spacial score (nSPS) is 16.5. The van der Waals surface area contributed by atoms with Gasteiger partial charge in [-0.05, 0) is 54.5 Å². The van der Waals surface area contributed by atoms with Gasteiger partial charge in [-0.15, -0.1) is 0 Å². The summed E-state index contributed by atoms with van der Waals surface area (Å²) in [6.07, 6.45) is 9.54. The highest BCUT2D eigenvalue weighted by Gasteiger charge is 2.17. The van der Waals surface area contributed by atoms with Gasteiger partial charge in [-0.2, -0.15) is 0 Å². The molecule has 3 heteroatoms. The maximum atomic E-state index is 10.9. The molecule has 1 saturated carbocycles. The van der Waals surface area contributed by atoms with Gasteiger partial charge in [0, 0.05) is 29.2 Å². The predicted octanol–water partition coefficient (Wildman–Crippen LogP) is 5.44. The van der Waals surface area contributed by atoms with Crippen LogP contribution in [0, 0.1) is 5.92 Å². The minimum Gasteiger partial charge on any atom is -0.478 e. The summed E-state index contributed by atoms with van der Waals surface area (Å²) in [5.74, 6) is 0.303. The highest BCUT2D eigenvalue weighted by Crippen LogP contribution is 2.30. The Morgan fingerprint density at radius 1 is 1.25 bits per heavy atom. The Morgan fingerprint density at radius 3 is 2.67 bits per heavy atom. The molecule has 1 aromatic carbocycles. The van der Waals surface area contributed by atoms with Crippen LogP contribution in [0.4, 0.5) is 0 Å². The Hall–Kier alpha value is -2.03. The van der Waals surface area contributed by atoms with Gasteiger partial charge in [-0.3, -0.25) is 0 Å². The summed E-state index contributed by atoms with van der Waals surface area (Å²) >= 11 is 0. The Labute approximate surface area is 144 Å².